The van der Waals surface area contributed by atoms with E-state index in [0.29, 0.717) is 12.1 Å². The van der Waals surface area contributed by atoms with Crippen LogP contribution in [0.3, 0.4) is 0 Å². The number of pyridine rings is 2. The Bertz CT molecular complexity index is 1400. The molecule has 2 aliphatic rings. The maximum atomic E-state index is 12.9. The van der Waals surface area contributed by atoms with Crippen LogP contribution in [0.2, 0.25) is 0 Å². The Morgan fingerprint density at radius 3 is 2.68 bits per heavy atom. The van der Waals surface area contributed by atoms with Crippen LogP contribution in [0, 0.1) is 0 Å². The highest BCUT2D eigenvalue weighted by molar-refractivity contribution is 6.07. The lowest BCUT2D eigenvalue weighted by atomic mass is 9.94. The molecule has 0 aliphatic carbocycles. The molecule has 34 heavy (non-hydrogen) atoms. The van der Waals surface area contributed by atoms with E-state index < -0.39 is 0 Å². The van der Waals surface area contributed by atoms with Gasteiger partial charge < -0.3 is 25.0 Å². The van der Waals surface area contributed by atoms with Gasteiger partial charge in [0.25, 0.3) is 5.91 Å². The zero-order valence-electron chi connectivity index (χ0n) is 19.4. The van der Waals surface area contributed by atoms with Gasteiger partial charge in [0.2, 0.25) is 0 Å². The van der Waals surface area contributed by atoms with Crippen LogP contribution in [0.1, 0.15) is 15.9 Å². The molecule has 0 spiro atoms. The Labute approximate surface area is 198 Å². The summed E-state index contributed by atoms with van der Waals surface area (Å²) in [6.07, 6.45) is 3.84. The molecule has 0 atom stereocenters. The number of nitrogens with one attached hydrogen (secondary N) is 2. The normalized spacial score (nSPS) is 16.1. The molecule has 1 aromatic carbocycles. The van der Waals surface area contributed by atoms with Crippen molar-refractivity contribution in [3.63, 3.8) is 0 Å². The monoisotopic (exact) mass is 453 g/mol. The highest BCUT2D eigenvalue weighted by atomic mass is 16.1. The van der Waals surface area contributed by atoms with Gasteiger partial charge in [0, 0.05) is 57.6 Å². The average Bonchev–Trinajstić information content (AvgIpc) is 3.43. The molecule has 0 bridgehead atoms. The summed E-state index contributed by atoms with van der Waals surface area (Å²) < 4.78 is 2.01. The first-order chi connectivity index (χ1) is 16.6. The van der Waals surface area contributed by atoms with Crippen molar-refractivity contribution in [2.75, 3.05) is 43.4 Å². The smallest absolute Gasteiger partial charge is 0.254 e. The Morgan fingerprint density at radius 2 is 1.82 bits per heavy atom. The number of aromatic nitrogens is 3. The van der Waals surface area contributed by atoms with Gasteiger partial charge in [-0.2, -0.15) is 0 Å². The molecule has 5 heterocycles. The average molecular weight is 454 g/mol. The lowest BCUT2D eigenvalue weighted by molar-refractivity contribution is 0.0966. The number of amides is 1. The highest BCUT2D eigenvalue weighted by Gasteiger charge is 2.27. The van der Waals surface area contributed by atoms with Crippen molar-refractivity contribution in [2.45, 2.75) is 6.54 Å². The fraction of sp³-hybridized carbons (Fsp3) is 0.269. The van der Waals surface area contributed by atoms with Gasteiger partial charge in [-0.25, -0.2) is 9.97 Å². The first-order valence-electron chi connectivity index (χ1n) is 11.6. The molecule has 0 saturated carbocycles. The molecule has 3 aromatic heterocycles. The van der Waals surface area contributed by atoms with Crippen LogP contribution in [0.4, 0.5) is 17.3 Å². The molecule has 8 nitrogen and oxygen atoms in total. The number of fused-ring (bicyclic) bond motifs is 2. The van der Waals surface area contributed by atoms with Crippen LogP contribution in [0.25, 0.3) is 22.2 Å². The van der Waals surface area contributed by atoms with Crippen molar-refractivity contribution in [2.24, 2.45) is 7.05 Å². The zero-order valence-corrected chi connectivity index (χ0v) is 19.4. The number of likely N-dealkylation sites (N-methyl/N-ethyl adjacent to an activating group) is 1. The summed E-state index contributed by atoms with van der Waals surface area (Å²) in [5.74, 6) is 1.63. The third-order valence-electron chi connectivity index (χ3n) is 6.85. The molecule has 2 aliphatic heterocycles. The van der Waals surface area contributed by atoms with E-state index in [1.54, 1.807) is 0 Å². The maximum absolute atomic E-state index is 12.9. The number of hydrogen-bond acceptors (Lipinski definition) is 6. The summed E-state index contributed by atoms with van der Waals surface area (Å²) >= 11 is 0. The van der Waals surface area contributed by atoms with Crippen molar-refractivity contribution >= 4 is 34.3 Å². The number of benzene rings is 1. The second-order valence-corrected chi connectivity index (χ2v) is 9.02. The molecule has 6 rings (SSSR count). The summed E-state index contributed by atoms with van der Waals surface area (Å²) in [4.78, 5) is 26.9. The number of aryl methyl sites for hydroxylation is 1. The van der Waals surface area contributed by atoms with Gasteiger partial charge in [-0.1, -0.05) is 12.1 Å². The molecule has 2 N–H and O–H groups in total. The van der Waals surface area contributed by atoms with Gasteiger partial charge in [-0.15, -0.1) is 0 Å². The topological polar surface area (TPSA) is 78.3 Å². The number of rotatable bonds is 4. The highest BCUT2D eigenvalue weighted by Crippen LogP contribution is 2.37. The standard InChI is InChI=1S/C26H27N7O/c1-31-12-14-33(15-13-31)23-5-3-4-22(30-23)29-21-7-6-17(20-16-28-26(34)24(20)21)18-8-10-27-25-19(18)9-11-32(25)2/h3-11H,12-16H2,1-2H3,(H,28,34)(H,29,30). The molecular formula is C26H27N7O. The van der Waals surface area contributed by atoms with Crippen molar-refractivity contribution in [3.05, 3.63) is 66.0 Å². The largest absolute Gasteiger partial charge is 0.354 e. The third kappa shape index (κ3) is 3.47. The van der Waals surface area contributed by atoms with Gasteiger partial charge in [0.1, 0.15) is 17.3 Å². The van der Waals surface area contributed by atoms with Crippen LogP contribution in [0.15, 0.2) is 54.9 Å². The molecule has 172 valence electrons. The number of piperazine rings is 1. The Hall–Kier alpha value is -3.91. The Balaban J connectivity index is 1.36. The first kappa shape index (κ1) is 20.7. The number of carbonyl (C=O) groups is 1. The van der Waals surface area contributed by atoms with Crippen molar-refractivity contribution in [1.82, 2.24) is 24.8 Å². The molecule has 0 radical (unpaired) electrons. The van der Waals surface area contributed by atoms with Crippen molar-refractivity contribution < 1.29 is 4.79 Å². The van der Waals surface area contributed by atoms with Gasteiger partial charge >= 0.3 is 0 Å². The van der Waals surface area contributed by atoms with Crippen LogP contribution in [-0.4, -0.2) is 58.6 Å². The van der Waals surface area contributed by atoms with Crippen molar-refractivity contribution in [3.8, 4) is 11.1 Å². The van der Waals surface area contributed by atoms with E-state index in [9.17, 15) is 4.79 Å². The second-order valence-electron chi connectivity index (χ2n) is 9.02. The molecule has 1 fully saturated rings. The fourth-order valence-electron chi connectivity index (χ4n) is 4.95. The number of carbonyl (C=O) groups excluding carboxylic acids is 1. The van der Waals surface area contributed by atoms with E-state index in [2.05, 4.69) is 44.6 Å². The van der Waals surface area contributed by atoms with Gasteiger partial charge in [0.15, 0.2) is 0 Å². The van der Waals surface area contributed by atoms with E-state index in [1.165, 1.54) is 0 Å². The summed E-state index contributed by atoms with van der Waals surface area (Å²) in [5.41, 5.74) is 5.52. The predicted octanol–water partition coefficient (Wildman–Crippen LogP) is 3.37. The summed E-state index contributed by atoms with van der Waals surface area (Å²) in [6.45, 7) is 4.47. The minimum absolute atomic E-state index is 0.0621. The molecule has 1 saturated heterocycles. The van der Waals surface area contributed by atoms with E-state index in [1.807, 2.05) is 54.3 Å². The lowest BCUT2D eigenvalue weighted by Crippen LogP contribution is -2.44. The Kier molecular flexibility index (Phi) is 4.95. The third-order valence-corrected chi connectivity index (χ3v) is 6.85. The summed E-state index contributed by atoms with van der Waals surface area (Å²) in [5, 5.41) is 7.50. The predicted molar refractivity (Wildman–Crippen MR) is 135 cm³/mol. The molecule has 8 heteroatoms. The quantitative estimate of drug-likeness (QED) is 0.493. The van der Waals surface area contributed by atoms with Crippen LogP contribution in [0.5, 0.6) is 0 Å². The molecule has 0 unspecified atom stereocenters. The lowest BCUT2D eigenvalue weighted by Gasteiger charge is -2.33. The van der Waals surface area contributed by atoms with Crippen LogP contribution in [-0.2, 0) is 13.6 Å². The second kappa shape index (κ2) is 8.14. The molecule has 4 aromatic rings. The van der Waals surface area contributed by atoms with Gasteiger partial charge in [0.05, 0.1) is 11.3 Å². The van der Waals surface area contributed by atoms with Gasteiger partial charge in [-0.05, 0) is 54.1 Å². The van der Waals surface area contributed by atoms with E-state index in [-0.39, 0.29) is 5.91 Å². The van der Waals surface area contributed by atoms with E-state index in [0.717, 1.165) is 71.2 Å². The maximum Gasteiger partial charge on any atom is 0.254 e. The fourth-order valence-corrected chi connectivity index (χ4v) is 4.95. The molecular weight excluding hydrogens is 426 g/mol. The van der Waals surface area contributed by atoms with Crippen LogP contribution < -0.4 is 15.5 Å². The summed E-state index contributed by atoms with van der Waals surface area (Å²) in [7, 11) is 4.14. The van der Waals surface area contributed by atoms with E-state index in [4.69, 9.17) is 4.98 Å². The zero-order chi connectivity index (χ0) is 23.2. The number of anilines is 3. The van der Waals surface area contributed by atoms with Crippen molar-refractivity contribution in [1.29, 1.82) is 0 Å². The Morgan fingerprint density at radius 1 is 0.971 bits per heavy atom. The van der Waals surface area contributed by atoms with Gasteiger partial charge in [-0.3, -0.25) is 4.79 Å². The first-order valence-corrected chi connectivity index (χ1v) is 11.6. The SMILES string of the molecule is CN1CCN(c2cccc(Nc3ccc(-c4ccnc5c4ccn5C)c4c3C(=O)NC4)n2)CC1. The van der Waals surface area contributed by atoms with E-state index >= 15 is 0 Å². The van der Waals surface area contributed by atoms with Crippen LogP contribution >= 0.6 is 0 Å². The number of nitrogens with zero attached hydrogens (tertiary/aromatic N) is 5. The number of hydrogen-bond donors (Lipinski definition) is 2. The minimum atomic E-state index is -0.0621. The molecule has 1 amide bonds. The minimum Gasteiger partial charge on any atom is -0.354 e. The summed E-state index contributed by atoms with van der Waals surface area (Å²) in [6, 6.07) is 14.2.